The van der Waals surface area contributed by atoms with Gasteiger partial charge in [0.2, 0.25) is 0 Å². The van der Waals surface area contributed by atoms with Crippen LogP contribution in [0.5, 0.6) is 0 Å². The first kappa shape index (κ1) is 12.0. The van der Waals surface area contributed by atoms with Crippen LogP contribution in [0.3, 0.4) is 0 Å². The van der Waals surface area contributed by atoms with E-state index in [-0.39, 0.29) is 5.78 Å². The summed E-state index contributed by atoms with van der Waals surface area (Å²) in [6.45, 7) is 3.19. The summed E-state index contributed by atoms with van der Waals surface area (Å²) < 4.78 is 5.35. The average Bonchev–Trinajstić information content (AvgIpc) is 2.39. The average molecular weight is 234 g/mol. The monoisotopic (exact) mass is 234 g/mol. The number of nitrogens with zero attached hydrogens (tertiary/aromatic N) is 2. The van der Waals surface area contributed by atoms with Crippen molar-refractivity contribution in [2.45, 2.75) is 25.8 Å². The van der Waals surface area contributed by atoms with Gasteiger partial charge < -0.3 is 9.64 Å². The molecule has 2 rings (SSSR count). The first-order valence-corrected chi connectivity index (χ1v) is 5.96. The molecule has 1 aromatic heterocycles. The van der Waals surface area contributed by atoms with Gasteiger partial charge in [0.05, 0.1) is 11.9 Å². The van der Waals surface area contributed by atoms with E-state index in [9.17, 15) is 4.79 Å². The van der Waals surface area contributed by atoms with Gasteiger partial charge in [-0.2, -0.15) is 0 Å². The molecule has 0 radical (unpaired) electrons. The summed E-state index contributed by atoms with van der Waals surface area (Å²) in [7, 11) is 2.07. The van der Waals surface area contributed by atoms with Crippen molar-refractivity contribution in [2.24, 2.45) is 0 Å². The van der Waals surface area contributed by atoms with Gasteiger partial charge >= 0.3 is 0 Å². The summed E-state index contributed by atoms with van der Waals surface area (Å²) in [5.74, 6) is 0.00488. The molecule has 0 aromatic carbocycles. The quantitative estimate of drug-likeness (QED) is 0.749. The second-order valence-electron chi connectivity index (χ2n) is 4.41. The maximum atomic E-state index is 11.1. The fraction of sp³-hybridized carbons (Fsp3) is 0.538. The van der Waals surface area contributed by atoms with Gasteiger partial charge in [-0.15, -0.1) is 0 Å². The van der Waals surface area contributed by atoms with Crippen molar-refractivity contribution in [1.82, 2.24) is 4.98 Å². The molecule has 1 aromatic rings. The molecular weight excluding hydrogens is 216 g/mol. The summed E-state index contributed by atoms with van der Waals surface area (Å²) in [5, 5.41) is 0. The number of rotatable bonds is 3. The minimum atomic E-state index is 0.00488. The van der Waals surface area contributed by atoms with Crippen molar-refractivity contribution < 1.29 is 9.53 Å². The molecular formula is C13H18N2O2. The Morgan fingerprint density at radius 3 is 2.65 bits per heavy atom. The SMILES string of the molecule is CC(=O)c1ccc(N(C)C2CCOCC2)cn1. The molecule has 0 atom stereocenters. The Morgan fingerprint density at radius 1 is 1.41 bits per heavy atom. The van der Waals surface area contributed by atoms with E-state index in [1.54, 1.807) is 12.3 Å². The molecule has 4 nitrogen and oxygen atoms in total. The van der Waals surface area contributed by atoms with Crippen molar-refractivity contribution in [3.8, 4) is 0 Å². The largest absolute Gasteiger partial charge is 0.381 e. The zero-order valence-corrected chi connectivity index (χ0v) is 10.3. The number of Topliss-reactive ketones (excluding diaryl/α,β-unsaturated/α-hetero) is 1. The molecule has 1 aliphatic heterocycles. The van der Waals surface area contributed by atoms with Crippen molar-refractivity contribution >= 4 is 11.5 Å². The second-order valence-corrected chi connectivity index (χ2v) is 4.41. The predicted molar refractivity (Wildman–Crippen MR) is 66.5 cm³/mol. The van der Waals surface area contributed by atoms with Gasteiger partial charge in [-0.05, 0) is 25.0 Å². The predicted octanol–water partition coefficient (Wildman–Crippen LogP) is 1.90. The van der Waals surface area contributed by atoms with Crippen LogP contribution < -0.4 is 4.90 Å². The summed E-state index contributed by atoms with van der Waals surface area (Å²) in [6.07, 6.45) is 3.86. The van der Waals surface area contributed by atoms with Gasteiger partial charge in [-0.1, -0.05) is 0 Å². The van der Waals surface area contributed by atoms with Gasteiger partial charge in [0, 0.05) is 33.2 Å². The third-order valence-electron chi connectivity index (χ3n) is 3.25. The van der Waals surface area contributed by atoms with Crippen LogP contribution in [-0.2, 0) is 4.74 Å². The van der Waals surface area contributed by atoms with Crippen LogP contribution in [0.4, 0.5) is 5.69 Å². The Morgan fingerprint density at radius 2 is 2.12 bits per heavy atom. The number of carbonyl (C=O) groups excluding carboxylic acids is 1. The highest BCUT2D eigenvalue weighted by Crippen LogP contribution is 2.20. The Hall–Kier alpha value is -1.42. The van der Waals surface area contributed by atoms with E-state index in [1.165, 1.54) is 6.92 Å². The van der Waals surface area contributed by atoms with Crippen molar-refractivity contribution in [1.29, 1.82) is 0 Å². The fourth-order valence-electron chi connectivity index (χ4n) is 2.09. The second kappa shape index (κ2) is 5.27. The zero-order valence-electron chi connectivity index (χ0n) is 10.3. The van der Waals surface area contributed by atoms with Crippen LogP contribution in [0.15, 0.2) is 18.3 Å². The third kappa shape index (κ3) is 2.82. The molecule has 4 heteroatoms. The lowest BCUT2D eigenvalue weighted by Crippen LogP contribution is -2.36. The van der Waals surface area contributed by atoms with E-state index >= 15 is 0 Å². The number of aromatic nitrogens is 1. The van der Waals surface area contributed by atoms with Crippen LogP contribution in [0, 0.1) is 0 Å². The maximum Gasteiger partial charge on any atom is 0.178 e. The van der Waals surface area contributed by atoms with Gasteiger partial charge in [-0.3, -0.25) is 9.78 Å². The molecule has 1 fully saturated rings. The summed E-state index contributed by atoms with van der Waals surface area (Å²) in [6, 6.07) is 4.25. The Labute approximate surface area is 102 Å². The molecule has 0 amide bonds. The maximum absolute atomic E-state index is 11.1. The highest BCUT2D eigenvalue weighted by molar-refractivity contribution is 5.92. The van der Waals surface area contributed by atoms with E-state index in [1.807, 2.05) is 6.07 Å². The first-order valence-electron chi connectivity index (χ1n) is 5.96. The zero-order chi connectivity index (χ0) is 12.3. The number of hydrogen-bond acceptors (Lipinski definition) is 4. The number of pyridine rings is 1. The minimum Gasteiger partial charge on any atom is -0.381 e. The lowest BCUT2D eigenvalue weighted by molar-refractivity contribution is 0.0855. The normalized spacial score (nSPS) is 16.8. The third-order valence-corrected chi connectivity index (χ3v) is 3.25. The highest BCUT2D eigenvalue weighted by atomic mass is 16.5. The Kier molecular flexibility index (Phi) is 3.74. The highest BCUT2D eigenvalue weighted by Gasteiger charge is 2.18. The number of hydrogen-bond donors (Lipinski definition) is 0. The standard InChI is InChI=1S/C13H18N2O2/c1-10(16)13-4-3-12(9-14-13)15(2)11-5-7-17-8-6-11/h3-4,9,11H,5-8H2,1-2H3. The van der Waals surface area contributed by atoms with Crippen molar-refractivity contribution in [3.05, 3.63) is 24.0 Å². The molecule has 0 N–H and O–H groups in total. The van der Waals surface area contributed by atoms with Crippen LogP contribution in [0.2, 0.25) is 0 Å². The summed E-state index contributed by atoms with van der Waals surface area (Å²) in [5.41, 5.74) is 1.58. The van der Waals surface area contributed by atoms with Crippen molar-refractivity contribution in [2.75, 3.05) is 25.2 Å². The Bertz CT molecular complexity index is 383. The number of ether oxygens (including phenoxy) is 1. The first-order chi connectivity index (χ1) is 8.18. The molecule has 0 spiro atoms. The molecule has 0 saturated carbocycles. The molecule has 17 heavy (non-hydrogen) atoms. The Balaban J connectivity index is 2.07. The van der Waals surface area contributed by atoms with E-state index in [4.69, 9.17) is 4.74 Å². The van der Waals surface area contributed by atoms with Gasteiger partial charge in [-0.25, -0.2) is 0 Å². The molecule has 1 aliphatic rings. The molecule has 92 valence electrons. The molecule has 0 unspecified atom stereocenters. The summed E-state index contributed by atoms with van der Waals surface area (Å²) >= 11 is 0. The molecule has 0 bridgehead atoms. The molecule has 0 aliphatic carbocycles. The lowest BCUT2D eigenvalue weighted by Gasteiger charge is -2.32. The topological polar surface area (TPSA) is 42.4 Å². The lowest BCUT2D eigenvalue weighted by atomic mass is 10.1. The van der Waals surface area contributed by atoms with Gasteiger partial charge in [0.1, 0.15) is 5.69 Å². The number of ketones is 1. The molecule has 1 saturated heterocycles. The van der Waals surface area contributed by atoms with Crippen LogP contribution in [-0.4, -0.2) is 37.1 Å². The summed E-state index contributed by atoms with van der Waals surface area (Å²) in [4.78, 5) is 17.5. The van der Waals surface area contributed by atoms with Crippen LogP contribution in [0.1, 0.15) is 30.3 Å². The fourth-order valence-corrected chi connectivity index (χ4v) is 2.09. The van der Waals surface area contributed by atoms with E-state index < -0.39 is 0 Å². The van der Waals surface area contributed by atoms with Crippen LogP contribution >= 0.6 is 0 Å². The van der Waals surface area contributed by atoms with Gasteiger partial charge in [0.15, 0.2) is 5.78 Å². The van der Waals surface area contributed by atoms with Crippen LogP contribution in [0.25, 0.3) is 0 Å². The number of anilines is 1. The van der Waals surface area contributed by atoms with Crippen molar-refractivity contribution in [3.63, 3.8) is 0 Å². The van der Waals surface area contributed by atoms with E-state index in [0.29, 0.717) is 11.7 Å². The minimum absolute atomic E-state index is 0.00488. The smallest absolute Gasteiger partial charge is 0.178 e. The van der Waals surface area contributed by atoms with E-state index in [2.05, 4.69) is 16.9 Å². The number of carbonyl (C=O) groups is 1. The van der Waals surface area contributed by atoms with Gasteiger partial charge in [0.25, 0.3) is 0 Å². The van der Waals surface area contributed by atoms with E-state index in [0.717, 1.165) is 31.7 Å². The molecule has 2 heterocycles.